The summed E-state index contributed by atoms with van der Waals surface area (Å²) in [4.78, 5) is 14.6. The van der Waals surface area contributed by atoms with Crippen LogP contribution in [0.3, 0.4) is 0 Å². The molecule has 1 aromatic rings. The lowest BCUT2D eigenvalue weighted by molar-refractivity contribution is 0.0640. The molecular weight excluding hydrogens is 270 g/mol. The molecule has 118 valence electrons. The van der Waals surface area contributed by atoms with E-state index in [0.29, 0.717) is 22.8 Å². The quantitative estimate of drug-likeness (QED) is 0.809. The topological polar surface area (TPSA) is 48.0 Å². The molecule has 0 atom stereocenters. The molecule has 0 radical (unpaired) electrons. The third-order valence-electron chi connectivity index (χ3n) is 3.28. The Labute approximate surface area is 126 Å². The van der Waals surface area contributed by atoms with Crippen LogP contribution in [0.25, 0.3) is 0 Å². The molecule has 0 fully saturated rings. The van der Waals surface area contributed by atoms with E-state index >= 15 is 0 Å². The molecule has 0 aliphatic rings. The Morgan fingerprint density at radius 2 is 1.29 bits per heavy atom. The van der Waals surface area contributed by atoms with Gasteiger partial charge in [-0.3, -0.25) is 4.79 Å². The number of amides is 1. The van der Waals surface area contributed by atoms with E-state index in [1.165, 1.54) is 7.11 Å². The van der Waals surface area contributed by atoms with Crippen LogP contribution in [0.1, 0.15) is 38.1 Å². The minimum Gasteiger partial charge on any atom is -0.496 e. The van der Waals surface area contributed by atoms with Crippen molar-refractivity contribution in [1.82, 2.24) is 4.90 Å². The number of methoxy groups -OCH3 is 3. The van der Waals surface area contributed by atoms with Gasteiger partial charge in [-0.15, -0.1) is 0 Å². The van der Waals surface area contributed by atoms with Crippen LogP contribution in [0.15, 0.2) is 12.1 Å². The molecule has 1 aromatic carbocycles. The number of rotatable bonds is 6. The van der Waals surface area contributed by atoms with Crippen LogP contribution in [-0.2, 0) is 0 Å². The maximum absolute atomic E-state index is 12.8. The number of nitrogens with zero attached hydrogens (tertiary/aromatic N) is 1. The van der Waals surface area contributed by atoms with Crippen molar-refractivity contribution in [2.24, 2.45) is 0 Å². The summed E-state index contributed by atoms with van der Waals surface area (Å²) in [6.07, 6.45) is 0. The van der Waals surface area contributed by atoms with Gasteiger partial charge in [0.15, 0.2) is 11.5 Å². The molecule has 0 aliphatic carbocycles. The number of carbonyl (C=O) groups is 1. The average Bonchev–Trinajstić information content (AvgIpc) is 2.44. The summed E-state index contributed by atoms with van der Waals surface area (Å²) in [7, 11) is 4.63. The maximum Gasteiger partial charge on any atom is 0.258 e. The Kier molecular flexibility index (Phi) is 5.88. The van der Waals surface area contributed by atoms with Crippen LogP contribution in [0, 0.1) is 0 Å². The van der Waals surface area contributed by atoms with Gasteiger partial charge in [-0.2, -0.15) is 0 Å². The zero-order valence-corrected chi connectivity index (χ0v) is 13.9. The first kappa shape index (κ1) is 17.1. The molecule has 21 heavy (non-hydrogen) atoms. The number of benzene rings is 1. The normalized spacial score (nSPS) is 10.7. The smallest absolute Gasteiger partial charge is 0.258 e. The van der Waals surface area contributed by atoms with Crippen molar-refractivity contribution in [2.45, 2.75) is 39.8 Å². The molecule has 0 heterocycles. The fraction of sp³-hybridized carbons (Fsp3) is 0.562. The molecule has 1 amide bonds. The molecule has 0 spiro atoms. The van der Waals surface area contributed by atoms with Gasteiger partial charge in [0.05, 0.1) is 26.9 Å². The molecule has 0 saturated heterocycles. The molecule has 0 bridgehead atoms. The van der Waals surface area contributed by atoms with E-state index in [1.54, 1.807) is 26.4 Å². The highest BCUT2D eigenvalue weighted by molar-refractivity contribution is 5.98. The fourth-order valence-electron chi connectivity index (χ4n) is 2.40. The highest BCUT2D eigenvalue weighted by Crippen LogP contribution is 2.35. The monoisotopic (exact) mass is 295 g/mol. The predicted octanol–water partition coefficient (Wildman–Crippen LogP) is 2.97. The van der Waals surface area contributed by atoms with Gasteiger partial charge < -0.3 is 19.1 Å². The third-order valence-corrected chi connectivity index (χ3v) is 3.28. The first-order valence-corrected chi connectivity index (χ1v) is 7.00. The highest BCUT2D eigenvalue weighted by atomic mass is 16.5. The Hall–Kier alpha value is -1.91. The molecule has 0 aliphatic heterocycles. The van der Waals surface area contributed by atoms with Crippen molar-refractivity contribution >= 4 is 5.91 Å². The standard InChI is InChI=1S/C16H25NO4/c1-10(2)17(11(3)4)16(18)12-8-14(20-6)15(21-7)9-13(12)19-5/h8-11H,1-7H3. The fourth-order valence-corrected chi connectivity index (χ4v) is 2.40. The summed E-state index contributed by atoms with van der Waals surface area (Å²) in [5.74, 6) is 1.43. The van der Waals surface area contributed by atoms with E-state index in [2.05, 4.69) is 0 Å². The molecule has 0 unspecified atom stereocenters. The van der Waals surface area contributed by atoms with Crippen LogP contribution in [0.5, 0.6) is 17.2 Å². The summed E-state index contributed by atoms with van der Waals surface area (Å²) in [5.41, 5.74) is 0.470. The minimum atomic E-state index is -0.0854. The lowest BCUT2D eigenvalue weighted by Gasteiger charge is -2.31. The van der Waals surface area contributed by atoms with Gasteiger partial charge >= 0.3 is 0 Å². The summed E-state index contributed by atoms with van der Waals surface area (Å²) in [6, 6.07) is 3.52. The van der Waals surface area contributed by atoms with Crippen LogP contribution >= 0.6 is 0 Å². The Morgan fingerprint density at radius 1 is 0.857 bits per heavy atom. The lowest BCUT2D eigenvalue weighted by atomic mass is 10.1. The molecule has 1 rings (SSSR count). The van der Waals surface area contributed by atoms with E-state index in [-0.39, 0.29) is 18.0 Å². The molecule has 5 nitrogen and oxygen atoms in total. The van der Waals surface area contributed by atoms with Gasteiger partial charge in [-0.1, -0.05) is 0 Å². The Bertz CT molecular complexity index is 489. The largest absolute Gasteiger partial charge is 0.496 e. The summed E-state index contributed by atoms with van der Waals surface area (Å²) in [5, 5.41) is 0. The van der Waals surface area contributed by atoms with Crippen molar-refractivity contribution in [3.63, 3.8) is 0 Å². The molecular formula is C16H25NO4. The Morgan fingerprint density at radius 3 is 1.67 bits per heavy atom. The molecule has 0 N–H and O–H groups in total. The van der Waals surface area contributed by atoms with E-state index in [4.69, 9.17) is 14.2 Å². The van der Waals surface area contributed by atoms with Crippen molar-refractivity contribution in [3.8, 4) is 17.2 Å². The van der Waals surface area contributed by atoms with Gasteiger partial charge in [-0.25, -0.2) is 0 Å². The average molecular weight is 295 g/mol. The van der Waals surface area contributed by atoms with Crippen LogP contribution in [-0.4, -0.2) is 44.2 Å². The second-order valence-corrected chi connectivity index (χ2v) is 5.31. The molecule has 0 saturated carbocycles. The van der Waals surface area contributed by atoms with E-state index in [0.717, 1.165) is 0 Å². The van der Waals surface area contributed by atoms with Crippen molar-refractivity contribution in [3.05, 3.63) is 17.7 Å². The summed E-state index contributed by atoms with van der Waals surface area (Å²) >= 11 is 0. The van der Waals surface area contributed by atoms with Crippen molar-refractivity contribution in [2.75, 3.05) is 21.3 Å². The minimum absolute atomic E-state index is 0.0854. The van der Waals surface area contributed by atoms with Crippen molar-refractivity contribution in [1.29, 1.82) is 0 Å². The maximum atomic E-state index is 12.8. The van der Waals surface area contributed by atoms with E-state index in [1.807, 2.05) is 32.6 Å². The first-order chi connectivity index (χ1) is 9.87. The molecule has 5 heteroatoms. The van der Waals surface area contributed by atoms with Gasteiger partial charge in [0.25, 0.3) is 5.91 Å². The molecule has 0 aromatic heterocycles. The van der Waals surface area contributed by atoms with Crippen LogP contribution < -0.4 is 14.2 Å². The highest BCUT2D eigenvalue weighted by Gasteiger charge is 2.26. The predicted molar refractivity (Wildman–Crippen MR) is 82.5 cm³/mol. The van der Waals surface area contributed by atoms with Gasteiger partial charge in [0.2, 0.25) is 0 Å². The Balaban J connectivity index is 3.36. The van der Waals surface area contributed by atoms with Gasteiger partial charge in [0, 0.05) is 24.2 Å². The zero-order chi connectivity index (χ0) is 16.2. The third kappa shape index (κ3) is 3.60. The number of carbonyl (C=O) groups excluding carboxylic acids is 1. The van der Waals surface area contributed by atoms with Crippen molar-refractivity contribution < 1.29 is 19.0 Å². The van der Waals surface area contributed by atoms with Gasteiger partial charge in [-0.05, 0) is 27.7 Å². The van der Waals surface area contributed by atoms with E-state index < -0.39 is 0 Å². The SMILES string of the molecule is COc1cc(OC)c(C(=O)N(C(C)C)C(C)C)cc1OC. The number of hydrogen-bond acceptors (Lipinski definition) is 4. The first-order valence-electron chi connectivity index (χ1n) is 7.00. The lowest BCUT2D eigenvalue weighted by Crippen LogP contribution is -2.42. The number of hydrogen-bond donors (Lipinski definition) is 0. The van der Waals surface area contributed by atoms with E-state index in [9.17, 15) is 4.79 Å². The van der Waals surface area contributed by atoms with Crippen LogP contribution in [0.2, 0.25) is 0 Å². The zero-order valence-electron chi connectivity index (χ0n) is 13.9. The summed E-state index contributed by atoms with van der Waals surface area (Å²) < 4.78 is 15.8. The summed E-state index contributed by atoms with van der Waals surface area (Å²) in [6.45, 7) is 7.96. The van der Waals surface area contributed by atoms with Gasteiger partial charge in [0.1, 0.15) is 5.75 Å². The second kappa shape index (κ2) is 7.20. The number of ether oxygens (including phenoxy) is 3. The second-order valence-electron chi connectivity index (χ2n) is 5.31. The van der Waals surface area contributed by atoms with Crippen LogP contribution in [0.4, 0.5) is 0 Å².